The van der Waals surface area contributed by atoms with Crippen molar-refractivity contribution in [3.63, 3.8) is 0 Å². The summed E-state index contributed by atoms with van der Waals surface area (Å²) in [6.07, 6.45) is -0.737. The Kier molecular flexibility index (Phi) is 4.05. The lowest BCUT2D eigenvalue weighted by atomic mass is 10.1. The van der Waals surface area contributed by atoms with E-state index in [2.05, 4.69) is 5.32 Å². The summed E-state index contributed by atoms with van der Waals surface area (Å²) in [6.45, 7) is 0.169. The van der Waals surface area contributed by atoms with Gasteiger partial charge in [-0.05, 0) is 35.0 Å². The minimum absolute atomic E-state index is 0.152. The third kappa shape index (κ3) is 2.77. The highest BCUT2D eigenvalue weighted by molar-refractivity contribution is 6.09. The van der Waals surface area contributed by atoms with Gasteiger partial charge in [-0.25, -0.2) is 0 Å². The summed E-state index contributed by atoms with van der Waals surface area (Å²) in [5.41, 5.74) is 1.25. The molecule has 0 aromatic heterocycles. The van der Waals surface area contributed by atoms with Crippen molar-refractivity contribution in [1.82, 2.24) is 5.32 Å². The molecule has 1 aliphatic rings. The summed E-state index contributed by atoms with van der Waals surface area (Å²) in [5.74, 6) is 0.123. The Balaban J connectivity index is 1.74. The predicted octanol–water partition coefficient (Wildman–Crippen LogP) is 2.99. The number of hydrogen-bond acceptors (Lipinski definition) is 3. The molecule has 0 spiro atoms. The summed E-state index contributed by atoms with van der Waals surface area (Å²) in [7, 11) is 1.56. The molecule has 1 atom stereocenters. The molecule has 0 radical (unpaired) electrons. The first kappa shape index (κ1) is 16.1. The summed E-state index contributed by atoms with van der Waals surface area (Å²) in [6, 6.07) is 20.8. The first-order valence-electron chi connectivity index (χ1n) is 8.45. The topological polar surface area (TPSA) is 58.6 Å². The monoisotopic (exact) mass is 346 g/mol. The van der Waals surface area contributed by atoms with Gasteiger partial charge in [0.2, 0.25) is 0 Å². The maximum absolute atomic E-state index is 13.2. The molecule has 1 aliphatic heterocycles. The number of nitrogens with one attached hydrogen (secondary N) is 1. The molecule has 130 valence electrons. The summed E-state index contributed by atoms with van der Waals surface area (Å²) in [4.78, 5) is 26.9. The van der Waals surface area contributed by atoms with Gasteiger partial charge in [0.05, 0.1) is 12.2 Å². The lowest BCUT2D eigenvalue weighted by molar-refractivity contribution is -0.127. The second-order valence-electron chi connectivity index (χ2n) is 6.17. The van der Waals surface area contributed by atoms with Crippen LogP contribution in [0.3, 0.4) is 0 Å². The van der Waals surface area contributed by atoms with Gasteiger partial charge in [0.15, 0.2) is 6.10 Å². The molecule has 0 aliphatic carbocycles. The van der Waals surface area contributed by atoms with E-state index in [1.807, 2.05) is 60.7 Å². The molecule has 0 bridgehead atoms. The van der Waals surface area contributed by atoms with E-state index in [0.29, 0.717) is 17.0 Å². The zero-order valence-corrected chi connectivity index (χ0v) is 14.3. The average Bonchev–Trinajstić information content (AvgIpc) is 2.71. The number of para-hydroxylation sites is 2. The molecule has 0 fully saturated rings. The highest BCUT2D eigenvalue weighted by Gasteiger charge is 2.33. The van der Waals surface area contributed by atoms with Crippen molar-refractivity contribution in [3.8, 4) is 5.75 Å². The number of nitrogens with zero attached hydrogens (tertiary/aromatic N) is 1. The Morgan fingerprint density at radius 1 is 1.00 bits per heavy atom. The molecule has 5 nitrogen and oxygen atoms in total. The van der Waals surface area contributed by atoms with Gasteiger partial charge in [0.1, 0.15) is 5.75 Å². The molecule has 1 N–H and O–H groups in total. The summed E-state index contributed by atoms with van der Waals surface area (Å²) in [5, 5.41) is 4.67. The number of rotatable bonds is 2. The van der Waals surface area contributed by atoms with E-state index in [-0.39, 0.29) is 18.4 Å². The molecule has 3 aromatic carbocycles. The fourth-order valence-electron chi connectivity index (χ4n) is 3.20. The number of likely N-dealkylation sites (N-methyl/N-ethyl adjacent to an activating group) is 1. The van der Waals surface area contributed by atoms with E-state index in [4.69, 9.17) is 4.74 Å². The lowest BCUT2D eigenvalue weighted by Crippen LogP contribution is -2.50. The van der Waals surface area contributed by atoms with Gasteiger partial charge in [-0.2, -0.15) is 0 Å². The van der Waals surface area contributed by atoms with Crippen LogP contribution in [0.2, 0.25) is 0 Å². The lowest BCUT2D eigenvalue weighted by Gasteiger charge is -2.34. The number of carbonyl (C=O) groups is 2. The van der Waals surface area contributed by atoms with Gasteiger partial charge in [0.25, 0.3) is 11.8 Å². The van der Waals surface area contributed by atoms with Crippen molar-refractivity contribution in [2.75, 3.05) is 18.5 Å². The fraction of sp³-hybridized carbons (Fsp3) is 0.143. The maximum Gasteiger partial charge on any atom is 0.262 e. The Bertz CT molecular complexity index is 999. The van der Waals surface area contributed by atoms with Crippen LogP contribution in [0.15, 0.2) is 66.7 Å². The van der Waals surface area contributed by atoms with Crippen molar-refractivity contribution in [3.05, 3.63) is 72.3 Å². The number of fused-ring (bicyclic) bond motifs is 2. The Hall–Kier alpha value is -3.34. The minimum Gasteiger partial charge on any atom is -0.477 e. The Morgan fingerprint density at radius 2 is 1.73 bits per heavy atom. The SMILES string of the molecule is CNC(=O)[C@@H]1CN(C(=O)c2ccc3ccccc3c2)c2ccccc2O1. The normalized spacial score (nSPS) is 15.9. The number of hydrogen-bond donors (Lipinski definition) is 1. The molecule has 26 heavy (non-hydrogen) atoms. The third-order valence-corrected chi connectivity index (χ3v) is 4.55. The van der Waals surface area contributed by atoms with E-state index in [9.17, 15) is 9.59 Å². The second kappa shape index (κ2) is 6.52. The van der Waals surface area contributed by atoms with Crippen LogP contribution in [-0.4, -0.2) is 31.5 Å². The van der Waals surface area contributed by atoms with Gasteiger partial charge in [-0.15, -0.1) is 0 Å². The zero-order valence-electron chi connectivity index (χ0n) is 14.3. The highest BCUT2D eigenvalue weighted by Crippen LogP contribution is 2.34. The number of benzene rings is 3. The van der Waals surface area contributed by atoms with E-state index < -0.39 is 6.10 Å². The van der Waals surface area contributed by atoms with E-state index in [1.54, 1.807) is 18.0 Å². The van der Waals surface area contributed by atoms with Gasteiger partial charge in [-0.3, -0.25) is 9.59 Å². The van der Waals surface area contributed by atoms with Gasteiger partial charge in [0, 0.05) is 12.6 Å². The molecule has 1 heterocycles. The van der Waals surface area contributed by atoms with E-state index >= 15 is 0 Å². The Labute approximate surface area is 151 Å². The van der Waals surface area contributed by atoms with Gasteiger partial charge in [-0.1, -0.05) is 42.5 Å². The summed E-state index contributed by atoms with van der Waals surface area (Å²) >= 11 is 0. The van der Waals surface area contributed by atoms with E-state index in [0.717, 1.165) is 10.8 Å². The molecule has 0 saturated heterocycles. The first-order chi connectivity index (χ1) is 12.7. The molecule has 5 heteroatoms. The van der Waals surface area contributed by atoms with Gasteiger partial charge >= 0.3 is 0 Å². The van der Waals surface area contributed by atoms with Crippen LogP contribution in [0.5, 0.6) is 5.75 Å². The van der Waals surface area contributed by atoms with Crippen LogP contribution >= 0.6 is 0 Å². The van der Waals surface area contributed by atoms with Gasteiger partial charge < -0.3 is 15.0 Å². The molecule has 2 amide bonds. The molecule has 0 unspecified atom stereocenters. The minimum atomic E-state index is -0.737. The van der Waals surface area contributed by atoms with Crippen molar-refractivity contribution in [2.24, 2.45) is 0 Å². The van der Waals surface area contributed by atoms with Crippen LogP contribution in [0.1, 0.15) is 10.4 Å². The molecular formula is C21H18N2O3. The maximum atomic E-state index is 13.2. The van der Waals surface area contributed by atoms with Crippen LogP contribution < -0.4 is 15.0 Å². The highest BCUT2D eigenvalue weighted by atomic mass is 16.5. The van der Waals surface area contributed by atoms with E-state index in [1.165, 1.54) is 0 Å². The van der Waals surface area contributed by atoms with Crippen LogP contribution in [0, 0.1) is 0 Å². The van der Waals surface area contributed by atoms with Crippen LogP contribution in [-0.2, 0) is 4.79 Å². The largest absolute Gasteiger partial charge is 0.477 e. The molecule has 4 rings (SSSR count). The number of amides is 2. The number of anilines is 1. The number of carbonyl (C=O) groups excluding carboxylic acids is 2. The summed E-state index contributed by atoms with van der Waals surface area (Å²) < 4.78 is 5.77. The van der Waals surface area contributed by atoms with Crippen molar-refractivity contribution >= 4 is 28.3 Å². The third-order valence-electron chi connectivity index (χ3n) is 4.55. The molecule has 3 aromatic rings. The molecular weight excluding hydrogens is 328 g/mol. The Morgan fingerprint density at radius 3 is 2.54 bits per heavy atom. The number of ether oxygens (including phenoxy) is 1. The van der Waals surface area contributed by atoms with Crippen molar-refractivity contribution < 1.29 is 14.3 Å². The quantitative estimate of drug-likeness (QED) is 0.776. The molecule has 0 saturated carbocycles. The average molecular weight is 346 g/mol. The second-order valence-corrected chi connectivity index (χ2v) is 6.17. The van der Waals surface area contributed by atoms with Crippen molar-refractivity contribution in [2.45, 2.75) is 6.10 Å². The standard InChI is InChI=1S/C21H18N2O3/c1-22-20(24)19-13-23(17-8-4-5-9-18(17)26-19)21(25)16-11-10-14-6-2-3-7-15(14)12-16/h2-12,19H,13H2,1H3,(H,22,24)/t19-/m0/s1. The first-order valence-corrected chi connectivity index (χ1v) is 8.45. The van der Waals surface area contributed by atoms with Crippen LogP contribution in [0.4, 0.5) is 5.69 Å². The zero-order chi connectivity index (χ0) is 18.1. The smallest absolute Gasteiger partial charge is 0.262 e. The van der Waals surface area contributed by atoms with Crippen LogP contribution in [0.25, 0.3) is 10.8 Å². The fourth-order valence-corrected chi connectivity index (χ4v) is 3.20. The van der Waals surface area contributed by atoms with Crippen molar-refractivity contribution in [1.29, 1.82) is 0 Å². The predicted molar refractivity (Wildman–Crippen MR) is 101 cm³/mol.